The molecule has 0 atom stereocenters. The maximum absolute atomic E-state index is 13.0. The zero-order valence-corrected chi connectivity index (χ0v) is 21.2. The summed E-state index contributed by atoms with van der Waals surface area (Å²) in [6.07, 6.45) is -2.26. The molecule has 11 heteroatoms. The van der Waals surface area contributed by atoms with Crippen molar-refractivity contribution in [3.05, 3.63) is 77.0 Å². The van der Waals surface area contributed by atoms with Gasteiger partial charge in [-0.2, -0.15) is 18.2 Å². The fourth-order valence-corrected chi connectivity index (χ4v) is 3.97. The molecule has 0 spiro atoms. The Bertz CT molecular complexity index is 1320. The van der Waals surface area contributed by atoms with Gasteiger partial charge in [0.2, 0.25) is 5.95 Å². The van der Waals surface area contributed by atoms with Gasteiger partial charge < -0.3 is 20.3 Å². The number of halogens is 3. The molecule has 3 aromatic rings. The van der Waals surface area contributed by atoms with Gasteiger partial charge in [0, 0.05) is 25.0 Å². The molecule has 2 N–H and O–H groups in total. The highest BCUT2D eigenvalue weighted by Gasteiger charge is 2.30. The number of alkyl halides is 3. The van der Waals surface area contributed by atoms with E-state index in [0.717, 1.165) is 29.8 Å². The first-order chi connectivity index (χ1) is 17.9. The smallest absolute Gasteiger partial charge is 0.416 e. The normalized spacial score (nSPS) is 13.2. The van der Waals surface area contributed by atoms with Crippen LogP contribution < -0.4 is 15.5 Å². The molecular weight excluding hydrogens is 499 g/mol. The molecule has 1 aliphatic heterocycles. The van der Waals surface area contributed by atoms with Crippen LogP contribution in [-0.2, 0) is 28.7 Å². The predicted molar refractivity (Wildman–Crippen MR) is 136 cm³/mol. The second kappa shape index (κ2) is 10.7. The maximum Gasteiger partial charge on any atom is 0.416 e. The summed E-state index contributed by atoms with van der Waals surface area (Å²) < 4.78 is 44.0. The molecule has 8 nitrogen and oxygen atoms in total. The molecule has 2 heterocycles. The molecule has 0 radical (unpaired) electrons. The quantitative estimate of drug-likeness (QED) is 0.423. The van der Waals surface area contributed by atoms with Crippen molar-refractivity contribution in [1.29, 1.82) is 0 Å². The average molecular weight is 528 g/mol. The van der Waals surface area contributed by atoms with E-state index >= 15 is 0 Å². The second-order valence-electron chi connectivity index (χ2n) is 9.78. The SMILES string of the molecule is CC(C)(C)OC(=O)CNC(=O)c1cnc(N2CCc3ccccc32)nc1NCc1ccc(C(F)(F)F)cc1. The van der Waals surface area contributed by atoms with Crippen molar-refractivity contribution in [3.63, 3.8) is 0 Å². The first-order valence-corrected chi connectivity index (χ1v) is 12.0. The van der Waals surface area contributed by atoms with Crippen LogP contribution >= 0.6 is 0 Å². The van der Waals surface area contributed by atoms with E-state index in [-0.39, 0.29) is 24.5 Å². The summed E-state index contributed by atoms with van der Waals surface area (Å²) in [6.45, 7) is 5.58. The molecule has 1 amide bonds. The van der Waals surface area contributed by atoms with E-state index < -0.39 is 29.2 Å². The topological polar surface area (TPSA) is 96.4 Å². The molecule has 1 aromatic heterocycles. The van der Waals surface area contributed by atoms with E-state index in [1.54, 1.807) is 20.8 Å². The Balaban J connectivity index is 1.56. The number of fused-ring (bicyclic) bond motifs is 1. The van der Waals surface area contributed by atoms with E-state index in [1.165, 1.54) is 18.3 Å². The van der Waals surface area contributed by atoms with Crippen molar-refractivity contribution in [2.75, 3.05) is 23.3 Å². The molecular formula is C27H28F3N5O3. The van der Waals surface area contributed by atoms with Crippen LogP contribution in [0.4, 0.5) is 30.6 Å². The van der Waals surface area contributed by atoms with Crippen molar-refractivity contribution >= 4 is 29.3 Å². The van der Waals surface area contributed by atoms with Crippen molar-refractivity contribution in [2.24, 2.45) is 0 Å². The molecule has 2 aromatic carbocycles. The van der Waals surface area contributed by atoms with Gasteiger partial charge in [-0.15, -0.1) is 0 Å². The number of carbonyl (C=O) groups is 2. The number of para-hydroxylation sites is 1. The summed E-state index contributed by atoms with van der Waals surface area (Å²) in [5.74, 6) is -0.648. The minimum Gasteiger partial charge on any atom is -0.459 e. The van der Waals surface area contributed by atoms with Crippen LogP contribution in [0.15, 0.2) is 54.7 Å². The second-order valence-corrected chi connectivity index (χ2v) is 9.78. The number of ether oxygens (including phenoxy) is 1. The van der Waals surface area contributed by atoms with Crippen molar-refractivity contribution in [3.8, 4) is 0 Å². The average Bonchev–Trinajstić information content (AvgIpc) is 3.29. The molecule has 4 rings (SSSR count). The number of anilines is 3. The molecule has 0 fully saturated rings. The first-order valence-electron chi connectivity index (χ1n) is 12.0. The minimum atomic E-state index is -4.43. The Hall–Kier alpha value is -4.15. The summed E-state index contributed by atoms with van der Waals surface area (Å²) in [5, 5.41) is 5.56. The van der Waals surface area contributed by atoms with E-state index in [4.69, 9.17) is 4.74 Å². The van der Waals surface area contributed by atoms with E-state index in [9.17, 15) is 22.8 Å². The lowest BCUT2D eigenvalue weighted by molar-refractivity contribution is -0.153. The number of carbonyl (C=O) groups excluding carboxylic acids is 2. The number of benzene rings is 2. The van der Waals surface area contributed by atoms with Gasteiger partial charge in [-0.05, 0) is 56.5 Å². The Morgan fingerprint density at radius 2 is 1.76 bits per heavy atom. The summed E-state index contributed by atoms with van der Waals surface area (Å²) in [5.41, 5.74) is 1.30. The van der Waals surface area contributed by atoms with Crippen LogP contribution in [-0.4, -0.2) is 40.5 Å². The lowest BCUT2D eigenvalue weighted by Crippen LogP contribution is -2.35. The largest absolute Gasteiger partial charge is 0.459 e. The highest BCUT2D eigenvalue weighted by Crippen LogP contribution is 2.33. The number of hydrogen-bond donors (Lipinski definition) is 2. The summed E-state index contributed by atoms with van der Waals surface area (Å²) in [6, 6.07) is 12.6. The third-order valence-electron chi connectivity index (χ3n) is 5.70. The predicted octanol–water partition coefficient (Wildman–Crippen LogP) is 4.87. The number of aromatic nitrogens is 2. The lowest BCUT2D eigenvalue weighted by Gasteiger charge is -2.20. The van der Waals surface area contributed by atoms with Gasteiger partial charge in [-0.3, -0.25) is 9.59 Å². The molecule has 200 valence electrons. The molecule has 0 unspecified atom stereocenters. The fraction of sp³-hybridized carbons (Fsp3) is 0.333. The number of rotatable bonds is 7. The van der Waals surface area contributed by atoms with E-state index in [1.807, 2.05) is 29.2 Å². The fourth-order valence-electron chi connectivity index (χ4n) is 3.97. The van der Waals surface area contributed by atoms with Gasteiger partial charge in [-0.25, -0.2) is 4.98 Å². The highest BCUT2D eigenvalue weighted by molar-refractivity contribution is 6.00. The van der Waals surface area contributed by atoms with Gasteiger partial charge in [-0.1, -0.05) is 30.3 Å². The molecule has 0 bridgehead atoms. The zero-order valence-electron chi connectivity index (χ0n) is 21.2. The van der Waals surface area contributed by atoms with Gasteiger partial charge in [0.05, 0.1) is 5.56 Å². The molecule has 1 aliphatic rings. The standard InChI is InChI=1S/C27H28F3N5O3/c1-26(2,3)38-22(36)16-32-24(37)20-15-33-25(35-13-12-18-6-4-5-7-21(18)35)34-23(20)31-14-17-8-10-19(11-9-17)27(28,29)30/h4-11,15H,12-14,16H2,1-3H3,(H,32,37)(H,31,33,34). The van der Waals surface area contributed by atoms with Crippen LogP contribution in [0.25, 0.3) is 0 Å². The summed E-state index contributed by atoms with van der Waals surface area (Å²) >= 11 is 0. The highest BCUT2D eigenvalue weighted by atomic mass is 19.4. The zero-order chi connectivity index (χ0) is 27.5. The number of esters is 1. The van der Waals surface area contributed by atoms with E-state index in [2.05, 4.69) is 20.6 Å². The van der Waals surface area contributed by atoms with Gasteiger partial charge >= 0.3 is 12.1 Å². The lowest BCUT2D eigenvalue weighted by atomic mass is 10.1. The molecule has 0 saturated carbocycles. The number of amides is 1. The number of hydrogen-bond acceptors (Lipinski definition) is 7. The number of nitrogens with zero attached hydrogens (tertiary/aromatic N) is 3. The van der Waals surface area contributed by atoms with Crippen LogP contribution in [0, 0.1) is 0 Å². The molecule has 0 saturated heterocycles. The Kier molecular flexibility index (Phi) is 7.56. The minimum absolute atomic E-state index is 0.0803. The third-order valence-corrected chi connectivity index (χ3v) is 5.70. The first kappa shape index (κ1) is 26.9. The maximum atomic E-state index is 13.0. The van der Waals surface area contributed by atoms with Crippen LogP contribution in [0.3, 0.4) is 0 Å². The van der Waals surface area contributed by atoms with Crippen molar-refractivity contribution in [2.45, 2.75) is 45.5 Å². The van der Waals surface area contributed by atoms with Gasteiger partial charge in [0.1, 0.15) is 23.5 Å². The summed E-state index contributed by atoms with van der Waals surface area (Å²) in [4.78, 5) is 35.9. The van der Waals surface area contributed by atoms with E-state index in [0.29, 0.717) is 18.1 Å². The monoisotopic (exact) mass is 527 g/mol. The number of nitrogens with one attached hydrogen (secondary N) is 2. The van der Waals surface area contributed by atoms with Crippen LogP contribution in [0.1, 0.15) is 47.8 Å². The Morgan fingerprint density at radius 3 is 2.45 bits per heavy atom. The van der Waals surface area contributed by atoms with Crippen molar-refractivity contribution in [1.82, 2.24) is 15.3 Å². The van der Waals surface area contributed by atoms with Gasteiger partial charge in [0.25, 0.3) is 5.91 Å². The molecule has 38 heavy (non-hydrogen) atoms. The Morgan fingerprint density at radius 1 is 1.05 bits per heavy atom. The third kappa shape index (κ3) is 6.58. The Labute approximate surface area is 218 Å². The summed E-state index contributed by atoms with van der Waals surface area (Å²) in [7, 11) is 0. The van der Waals surface area contributed by atoms with Crippen molar-refractivity contribution < 1.29 is 27.5 Å². The van der Waals surface area contributed by atoms with Crippen LogP contribution in [0.2, 0.25) is 0 Å². The van der Waals surface area contributed by atoms with Gasteiger partial charge in [0.15, 0.2) is 0 Å². The van der Waals surface area contributed by atoms with Crippen LogP contribution in [0.5, 0.6) is 0 Å². The molecule has 0 aliphatic carbocycles.